The third-order valence-electron chi connectivity index (χ3n) is 3.60. The van der Waals surface area contributed by atoms with E-state index in [0.29, 0.717) is 11.5 Å². The average Bonchev–Trinajstić information content (AvgIpc) is 2.89. The molecule has 1 atom stereocenters. The van der Waals surface area contributed by atoms with E-state index >= 15 is 0 Å². The summed E-state index contributed by atoms with van der Waals surface area (Å²) in [6.07, 6.45) is 3.75. The number of nitrogens with one attached hydrogen (secondary N) is 2. The smallest absolute Gasteiger partial charge is 0.134 e. The minimum atomic E-state index is -0.564. The highest BCUT2D eigenvalue weighted by atomic mass is 19.1. The van der Waals surface area contributed by atoms with Gasteiger partial charge in [0.1, 0.15) is 11.6 Å². The molecule has 1 aliphatic heterocycles. The molecule has 3 nitrogen and oxygen atoms in total. The first-order chi connectivity index (χ1) is 9.25. The maximum Gasteiger partial charge on any atom is 0.134 e. The van der Waals surface area contributed by atoms with E-state index in [1.54, 1.807) is 6.20 Å². The van der Waals surface area contributed by atoms with Gasteiger partial charge in [0.25, 0.3) is 0 Å². The van der Waals surface area contributed by atoms with Crippen LogP contribution in [0.3, 0.4) is 0 Å². The quantitative estimate of drug-likeness (QED) is 0.874. The van der Waals surface area contributed by atoms with Crippen LogP contribution in [0, 0.1) is 11.6 Å². The summed E-state index contributed by atoms with van der Waals surface area (Å²) in [7, 11) is 0. The lowest BCUT2D eigenvalue weighted by Crippen LogP contribution is -2.28. The molecule has 1 unspecified atom stereocenters. The summed E-state index contributed by atoms with van der Waals surface area (Å²) in [5.74, 6) is -0.812. The highest BCUT2D eigenvalue weighted by Crippen LogP contribution is 2.32. The second kappa shape index (κ2) is 5.09. The molecule has 1 fully saturated rings. The number of piperidine rings is 1. The monoisotopic (exact) mass is 263 g/mol. The Balaban J connectivity index is 1.99. The van der Waals surface area contributed by atoms with Gasteiger partial charge in [-0.3, -0.25) is 5.10 Å². The topological polar surface area (TPSA) is 40.7 Å². The predicted octanol–water partition coefficient (Wildman–Crippen LogP) is 2.82. The molecule has 1 aromatic heterocycles. The zero-order valence-electron chi connectivity index (χ0n) is 10.4. The van der Waals surface area contributed by atoms with Crippen LogP contribution in [0.1, 0.15) is 24.5 Å². The SMILES string of the molecule is Fc1ccc(-c2cn[nH]c2C2CCCNC2)c(F)c1. The van der Waals surface area contributed by atoms with Crippen molar-refractivity contribution in [3.05, 3.63) is 41.7 Å². The average molecular weight is 263 g/mol. The van der Waals surface area contributed by atoms with Crippen molar-refractivity contribution in [2.75, 3.05) is 13.1 Å². The van der Waals surface area contributed by atoms with Crippen LogP contribution in [0.25, 0.3) is 11.1 Å². The Bertz CT molecular complexity index is 574. The molecule has 5 heteroatoms. The van der Waals surface area contributed by atoms with Crippen molar-refractivity contribution in [1.29, 1.82) is 0 Å². The lowest BCUT2D eigenvalue weighted by atomic mass is 9.91. The highest BCUT2D eigenvalue weighted by Gasteiger charge is 2.22. The fourth-order valence-corrected chi connectivity index (χ4v) is 2.63. The Kier molecular flexibility index (Phi) is 3.29. The number of hydrogen-bond donors (Lipinski definition) is 2. The van der Waals surface area contributed by atoms with Crippen LogP contribution in [0.5, 0.6) is 0 Å². The van der Waals surface area contributed by atoms with E-state index in [-0.39, 0.29) is 0 Å². The Morgan fingerprint density at radius 2 is 2.11 bits per heavy atom. The molecule has 3 rings (SSSR count). The van der Waals surface area contributed by atoms with E-state index in [4.69, 9.17) is 0 Å². The third kappa shape index (κ3) is 2.38. The van der Waals surface area contributed by atoms with Crippen molar-refractivity contribution in [3.63, 3.8) is 0 Å². The van der Waals surface area contributed by atoms with Crippen molar-refractivity contribution in [2.24, 2.45) is 0 Å². The zero-order chi connectivity index (χ0) is 13.2. The van der Waals surface area contributed by atoms with Gasteiger partial charge in [0.2, 0.25) is 0 Å². The third-order valence-corrected chi connectivity index (χ3v) is 3.60. The van der Waals surface area contributed by atoms with Gasteiger partial charge in [-0.1, -0.05) is 0 Å². The highest BCUT2D eigenvalue weighted by molar-refractivity contribution is 5.66. The molecule has 1 aromatic carbocycles. The van der Waals surface area contributed by atoms with Gasteiger partial charge in [-0.2, -0.15) is 5.10 Å². The van der Waals surface area contributed by atoms with E-state index in [1.165, 1.54) is 12.1 Å². The van der Waals surface area contributed by atoms with Crippen LogP contribution >= 0.6 is 0 Å². The number of rotatable bonds is 2. The molecule has 2 aromatic rings. The predicted molar refractivity (Wildman–Crippen MR) is 68.8 cm³/mol. The summed E-state index contributed by atoms with van der Waals surface area (Å²) >= 11 is 0. The summed E-state index contributed by atoms with van der Waals surface area (Å²) in [6.45, 7) is 1.88. The number of benzene rings is 1. The van der Waals surface area contributed by atoms with Gasteiger partial charge < -0.3 is 5.32 Å². The van der Waals surface area contributed by atoms with E-state index in [2.05, 4.69) is 15.5 Å². The van der Waals surface area contributed by atoms with E-state index in [1.807, 2.05) is 0 Å². The summed E-state index contributed by atoms with van der Waals surface area (Å²) in [6, 6.07) is 3.65. The summed E-state index contributed by atoms with van der Waals surface area (Å²) in [4.78, 5) is 0. The maximum atomic E-state index is 13.9. The molecular formula is C14H15F2N3. The van der Waals surface area contributed by atoms with Crippen LogP contribution < -0.4 is 5.32 Å². The molecule has 2 N–H and O–H groups in total. The van der Waals surface area contributed by atoms with Gasteiger partial charge in [-0.25, -0.2) is 8.78 Å². The van der Waals surface area contributed by atoms with Crippen LogP contribution in [-0.4, -0.2) is 23.3 Å². The van der Waals surface area contributed by atoms with Crippen LogP contribution in [0.15, 0.2) is 24.4 Å². The second-order valence-corrected chi connectivity index (χ2v) is 4.86. The lowest BCUT2D eigenvalue weighted by Gasteiger charge is -2.22. The minimum Gasteiger partial charge on any atom is -0.316 e. The Morgan fingerprint density at radius 1 is 1.21 bits per heavy atom. The van der Waals surface area contributed by atoms with Crippen LogP contribution in [-0.2, 0) is 0 Å². The molecule has 1 aliphatic rings. The van der Waals surface area contributed by atoms with Crippen LogP contribution in [0.2, 0.25) is 0 Å². The van der Waals surface area contributed by atoms with Crippen molar-refractivity contribution in [2.45, 2.75) is 18.8 Å². The number of aromatic nitrogens is 2. The number of aromatic amines is 1. The molecule has 0 aliphatic carbocycles. The van der Waals surface area contributed by atoms with Crippen LogP contribution in [0.4, 0.5) is 8.78 Å². The van der Waals surface area contributed by atoms with Crippen molar-refractivity contribution >= 4 is 0 Å². The summed E-state index contributed by atoms with van der Waals surface area (Å²) in [5, 5.41) is 10.3. The molecule has 1 saturated heterocycles. The molecule has 0 radical (unpaired) electrons. The van der Waals surface area contributed by atoms with E-state index in [0.717, 1.165) is 43.3 Å². The molecule has 100 valence electrons. The number of hydrogen-bond acceptors (Lipinski definition) is 2. The fourth-order valence-electron chi connectivity index (χ4n) is 2.63. The number of H-pyrrole nitrogens is 1. The maximum absolute atomic E-state index is 13.9. The standard InChI is InChI=1S/C14H15F2N3/c15-10-3-4-11(13(16)6-10)12-8-18-19-14(12)9-2-1-5-17-7-9/h3-4,6,8-9,17H,1-2,5,7H2,(H,18,19). The molecule has 0 bridgehead atoms. The van der Waals surface area contributed by atoms with Crippen molar-refractivity contribution in [1.82, 2.24) is 15.5 Å². The van der Waals surface area contributed by atoms with E-state index < -0.39 is 11.6 Å². The lowest BCUT2D eigenvalue weighted by molar-refractivity contribution is 0.454. The van der Waals surface area contributed by atoms with Crippen molar-refractivity contribution < 1.29 is 8.78 Å². The van der Waals surface area contributed by atoms with Gasteiger partial charge >= 0.3 is 0 Å². The van der Waals surface area contributed by atoms with Gasteiger partial charge in [0, 0.05) is 35.3 Å². The first kappa shape index (κ1) is 12.3. The Hall–Kier alpha value is -1.75. The Labute approximate surface area is 110 Å². The number of halogens is 2. The minimum absolute atomic E-state index is 0.302. The van der Waals surface area contributed by atoms with Gasteiger partial charge in [0.15, 0.2) is 0 Å². The van der Waals surface area contributed by atoms with Gasteiger partial charge in [-0.15, -0.1) is 0 Å². The molecule has 19 heavy (non-hydrogen) atoms. The normalized spacial score (nSPS) is 19.6. The Morgan fingerprint density at radius 3 is 2.84 bits per heavy atom. The van der Waals surface area contributed by atoms with Gasteiger partial charge in [0.05, 0.1) is 6.20 Å². The number of nitrogens with zero attached hydrogens (tertiary/aromatic N) is 1. The molecule has 2 heterocycles. The first-order valence-electron chi connectivity index (χ1n) is 6.45. The second-order valence-electron chi connectivity index (χ2n) is 4.86. The van der Waals surface area contributed by atoms with Gasteiger partial charge in [-0.05, 0) is 31.5 Å². The fraction of sp³-hybridized carbons (Fsp3) is 0.357. The first-order valence-corrected chi connectivity index (χ1v) is 6.45. The largest absolute Gasteiger partial charge is 0.316 e. The summed E-state index contributed by atoms with van der Waals surface area (Å²) in [5.41, 5.74) is 2.06. The molecule has 0 saturated carbocycles. The summed E-state index contributed by atoms with van der Waals surface area (Å²) < 4.78 is 26.8. The zero-order valence-corrected chi connectivity index (χ0v) is 10.4. The van der Waals surface area contributed by atoms with Crippen molar-refractivity contribution in [3.8, 4) is 11.1 Å². The molecule has 0 amide bonds. The molecule has 0 spiro atoms. The molecular weight excluding hydrogens is 248 g/mol. The van der Waals surface area contributed by atoms with E-state index in [9.17, 15) is 8.78 Å².